The van der Waals surface area contributed by atoms with E-state index in [1.54, 1.807) is 30.3 Å². The maximum Gasteiger partial charge on any atom is 0.292 e. The highest BCUT2D eigenvalue weighted by Gasteiger charge is 2.13. The zero-order chi connectivity index (χ0) is 16.1. The fourth-order valence-electron chi connectivity index (χ4n) is 1.87. The molecular weight excluding hydrogens is 306 g/mol. The van der Waals surface area contributed by atoms with Crippen molar-refractivity contribution in [1.29, 1.82) is 0 Å². The minimum atomic E-state index is -0.503. The Labute approximate surface area is 132 Å². The Morgan fingerprint density at radius 3 is 2.64 bits per heavy atom. The number of aryl methyl sites for hydroxylation is 1. The van der Waals surface area contributed by atoms with Gasteiger partial charge in [0.2, 0.25) is 5.91 Å². The lowest BCUT2D eigenvalue weighted by atomic mass is 10.2. The molecule has 0 atom stereocenters. The van der Waals surface area contributed by atoms with Crippen LogP contribution in [0.15, 0.2) is 42.5 Å². The number of anilines is 2. The summed E-state index contributed by atoms with van der Waals surface area (Å²) < 4.78 is 0. The minimum absolute atomic E-state index is 0.0799. The average Bonchev–Trinajstić information content (AvgIpc) is 2.48. The average molecular weight is 320 g/mol. The molecule has 0 saturated heterocycles. The minimum Gasteiger partial charge on any atom is -0.371 e. The van der Waals surface area contributed by atoms with Gasteiger partial charge in [-0.15, -0.1) is 0 Å². The van der Waals surface area contributed by atoms with E-state index < -0.39 is 4.92 Å². The number of halogens is 1. The summed E-state index contributed by atoms with van der Waals surface area (Å²) in [5.41, 5.74) is 1.70. The summed E-state index contributed by atoms with van der Waals surface area (Å²) in [7, 11) is 0. The first-order chi connectivity index (χ1) is 10.5. The van der Waals surface area contributed by atoms with Crippen LogP contribution in [0.2, 0.25) is 5.02 Å². The Hall–Kier alpha value is -2.60. The summed E-state index contributed by atoms with van der Waals surface area (Å²) in [4.78, 5) is 22.3. The number of nitro benzene ring substituents is 1. The van der Waals surface area contributed by atoms with Gasteiger partial charge in [-0.2, -0.15) is 0 Å². The second kappa shape index (κ2) is 6.91. The second-order valence-electron chi connectivity index (χ2n) is 4.66. The van der Waals surface area contributed by atoms with Gasteiger partial charge in [0, 0.05) is 6.07 Å². The zero-order valence-electron chi connectivity index (χ0n) is 11.8. The van der Waals surface area contributed by atoms with Crippen LogP contribution in [0.5, 0.6) is 0 Å². The maximum absolute atomic E-state index is 11.9. The summed E-state index contributed by atoms with van der Waals surface area (Å²) in [6.45, 7) is 1.79. The number of hydrogen-bond acceptors (Lipinski definition) is 4. The van der Waals surface area contributed by atoms with Gasteiger partial charge in [-0.05, 0) is 30.7 Å². The normalized spacial score (nSPS) is 10.1. The van der Waals surface area contributed by atoms with Crippen molar-refractivity contribution in [3.05, 3.63) is 63.2 Å². The lowest BCUT2D eigenvalue weighted by molar-refractivity contribution is -0.383. The first kappa shape index (κ1) is 15.8. The molecule has 0 aliphatic carbocycles. The van der Waals surface area contributed by atoms with Crippen LogP contribution in [0.25, 0.3) is 0 Å². The number of nitrogens with one attached hydrogen (secondary N) is 2. The molecule has 22 heavy (non-hydrogen) atoms. The molecule has 0 aromatic heterocycles. The van der Waals surface area contributed by atoms with E-state index in [0.717, 1.165) is 5.56 Å². The Morgan fingerprint density at radius 2 is 1.95 bits per heavy atom. The number of carbonyl (C=O) groups excluding carboxylic acids is 1. The molecule has 0 fully saturated rings. The first-order valence-corrected chi connectivity index (χ1v) is 6.88. The van der Waals surface area contributed by atoms with Gasteiger partial charge in [0.05, 0.1) is 22.2 Å². The number of nitrogens with zero attached hydrogens (tertiary/aromatic N) is 1. The molecule has 114 valence electrons. The van der Waals surface area contributed by atoms with Crippen molar-refractivity contribution in [3.8, 4) is 0 Å². The van der Waals surface area contributed by atoms with Crippen LogP contribution in [-0.4, -0.2) is 17.4 Å². The molecule has 0 unspecified atom stereocenters. The van der Waals surface area contributed by atoms with Crippen LogP contribution in [0.1, 0.15) is 5.56 Å². The third-order valence-corrected chi connectivity index (χ3v) is 3.25. The van der Waals surface area contributed by atoms with Crippen LogP contribution >= 0.6 is 11.6 Å². The largest absolute Gasteiger partial charge is 0.371 e. The quantitative estimate of drug-likeness (QED) is 0.651. The number of benzene rings is 2. The maximum atomic E-state index is 11.9. The Morgan fingerprint density at radius 1 is 1.23 bits per heavy atom. The molecule has 0 saturated carbocycles. The van der Waals surface area contributed by atoms with E-state index in [1.807, 2.05) is 13.0 Å². The number of hydrogen-bond donors (Lipinski definition) is 2. The highest BCUT2D eigenvalue weighted by atomic mass is 35.5. The van der Waals surface area contributed by atoms with Crippen molar-refractivity contribution in [1.82, 2.24) is 0 Å². The second-order valence-corrected chi connectivity index (χ2v) is 5.07. The number of rotatable bonds is 5. The molecule has 0 aliphatic heterocycles. The molecule has 1 amide bonds. The fraction of sp³-hybridized carbons (Fsp3) is 0.133. The molecule has 2 rings (SSSR count). The summed E-state index contributed by atoms with van der Waals surface area (Å²) in [5, 5.41) is 16.7. The van der Waals surface area contributed by atoms with Gasteiger partial charge in [-0.25, -0.2) is 0 Å². The predicted octanol–water partition coefficient (Wildman–Crippen LogP) is 3.61. The molecule has 2 aromatic rings. The predicted molar refractivity (Wildman–Crippen MR) is 86.4 cm³/mol. The SMILES string of the molecule is Cc1ccc(NC(=O)CNc2ccccc2[N+](=O)[O-])c(Cl)c1. The number of carbonyl (C=O) groups is 1. The van der Waals surface area contributed by atoms with Crippen molar-refractivity contribution in [2.24, 2.45) is 0 Å². The standard InChI is InChI=1S/C15H14ClN3O3/c1-10-6-7-12(11(16)8-10)18-15(20)9-17-13-4-2-3-5-14(13)19(21)22/h2-8,17H,9H2,1H3,(H,18,20). The molecule has 2 aromatic carbocycles. The molecule has 0 spiro atoms. The van der Waals surface area contributed by atoms with Gasteiger partial charge in [0.1, 0.15) is 5.69 Å². The summed E-state index contributed by atoms with van der Waals surface area (Å²) >= 11 is 6.03. The first-order valence-electron chi connectivity index (χ1n) is 6.50. The number of nitro groups is 1. The molecule has 0 heterocycles. The van der Waals surface area contributed by atoms with E-state index in [2.05, 4.69) is 10.6 Å². The third-order valence-electron chi connectivity index (χ3n) is 2.94. The molecular formula is C15H14ClN3O3. The van der Waals surface area contributed by atoms with Crippen molar-refractivity contribution >= 4 is 34.6 Å². The Bertz CT molecular complexity index is 719. The van der Waals surface area contributed by atoms with Crippen LogP contribution in [0.3, 0.4) is 0 Å². The lowest BCUT2D eigenvalue weighted by Gasteiger charge is -2.09. The highest BCUT2D eigenvalue weighted by Crippen LogP contribution is 2.24. The molecule has 0 radical (unpaired) electrons. The molecule has 0 bridgehead atoms. The highest BCUT2D eigenvalue weighted by molar-refractivity contribution is 6.33. The molecule has 6 nitrogen and oxygen atoms in total. The van der Waals surface area contributed by atoms with Gasteiger partial charge in [0.25, 0.3) is 5.69 Å². The third kappa shape index (κ3) is 3.95. The summed E-state index contributed by atoms with van der Waals surface area (Å²) in [6, 6.07) is 11.4. The fourth-order valence-corrected chi connectivity index (χ4v) is 2.16. The summed E-state index contributed by atoms with van der Waals surface area (Å²) in [6.07, 6.45) is 0. The molecule has 2 N–H and O–H groups in total. The lowest BCUT2D eigenvalue weighted by Crippen LogP contribution is -2.22. The van der Waals surface area contributed by atoms with Gasteiger partial charge >= 0.3 is 0 Å². The van der Waals surface area contributed by atoms with E-state index >= 15 is 0 Å². The van der Waals surface area contributed by atoms with Gasteiger partial charge in [-0.1, -0.05) is 29.8 Å². The smallest absolute Gasteiger partial charge is 0.292 e. The Kier molecular flexibility index (Phi) is 4.95. The van der Waals surface area contributed by atoms with E-state index in [0.29, 0.717) is 10.7 Å². The van der Waals surface area contributed by atoms with Crippen molar-refractivity contribution in [2.75, 3.05) is 17.2 Å². The van der Waals surface area contributed by atoms with Gasteiger partial charge in [-0.3, -0.25) is 14.9 Å². The van der Waals surface area contributed by atoms with Gasteiger partial charge < -0.3 is 10.6 Å². The van der Waals surface area contributed by atoms with Crippen molar-refractivity contribution < 1.29 is 9.72 Å². The zero-order valence-corrected chi connectivity index (χ0v) is 12.6. The monoisotopic (exact) mass is 319 g/mol. The van der Waals surface area contributed by atoms with E-state index in [9.17, 15) is 14.9 Å². The van der Waals surface area contributed by atoms with Crippen molar-refractivity contribution in [3.63, 3.8) is 0 Å². The Balaban J connectivity index is 2.00. The van der Waals surface area contributed by atoms with Crippen LogP contribution < -0.4 is 10.6 Å². The summed E-state index contributed by atoms with van der Waals surface area (Å²) in [5.74, 6) is -0.344. The van der Waals surface area contributed by atoms with E-state index in [-0.39, 0.29) is 23.8 Å². The molecule has 0 aliphatic rings. The van der Waals surface area contributed by atoms with Crippen molar-refractivity contribution in [2.45, 2.75) is 6.92 Å². The van der Waals surface area contributed by atoms with Crippen LogP contribution in [0.4, 0.5) is 17.1 Å². The topological polar surface area (TPSA) is 84.3 Å². The van der Waals surface area contributed by atoms with E-state index in [4.69, 9.17) is 11.6 Å². The number of amides is 1. The number of para-hydroxylation sites is 2. The van der Waals surface area contributed by atoms with Crippen LogP contribution in [0, 0.1) is 17.0 Å². The van der Waals surface area contributed by atoms with Crippen LogP contribution in [-0.2, 0) is 4.79 Å². The van der Waals surface area contributed by atoms with Gasteiger partial charge in [0.15, 0.2) is 0 Å². The molecule has 7 heteroatoms. The van der Waals surface area contributed by atoms with E-state index in [1.165, 1.54) is 6.07 Å².